The number of carbonyl (C=O) groups is 1. The molecule has 2 saturated heterocycles. The lowest BCUT2D eigenvalue weighted by Crippen LogP contribution is -2.53. The van der Waals surface area contributed by atoms with Gasteiger partial charge < -0.3 is 15.0 Å². The molecule has 4 heteroatoms. The Bertz CT molecular complexity index is 298. The van der Waals surface area contributed by atoms with Gasteiger partial charge in [0.1, 0.15) is 5.60 Å². The number of nitrogens with one attached hydrogen (secondary N) is 1. The Morgan fingerprint density at radius 1 is 1.41 bits per heavy atom. The van der Waals surface area contributed by atoms with E-state index in [-0.39, 0.29) is 6.09 Å². The van der Waals surface area contributed by atoms with E-state index in [2.05, 4.69) is 12.2 Å². The summed E-state index contributed by atoms with van der Waals surface area (Å²) in [4.78, 5) is 14.0. The monoisotopic (exact) mass is 240 g/mol. The number of nitrogens with zero attached hydrogens (tertiary/aromatic N) is 1. The van der Waals surface area contributed by atoms with Gasteiger partial charge in [0.05, 0.1) is 0 Å². The van der Waals surface area contributed by atoms with Crippen molar-refractivity contribution in [1.29, 1.82) is 0 Å². The van der Waals surface area contributed by atoms with Gasteiger partial charge in [0.2, 0.25) is 0 Å². The van der Waals surface area contributed by atoms with Gasteiger partial charge in [0.25, 0.3) is 0 Å². The quantitative estimate of drug-likeness (QED) is 0.704. The van der Waals surface area contributed by atoms with Crippen LogP contribution in [0.2, 0.25) is 0 Å². The van der Waals surface area contributed by atoms with Crippen LogP contribution in [0.25, 0.3) is 0 Å². The Hall–Kier alpha value is -0.770. The molecule has 0 aromatic carbocycles. The molecule has 2 fully saturated rings. The molecule has 2 heterocycles. The van der Waals surface area contributed by atoms with Crippen LogP contribution in [0.5, 0.6) is 0 Å². The van der Waals surface area contributed by atoms with Crippen LogP contribution in [0, 0.1) is 5.92 Å². The highest BCUT2D eigenvalue weighted by molar-refractivity contribution is 5.68. The molecular formula is C13H24N2O2. The molecule has 0 saturated carbocycles. The second kappa shape index (κ2) is 4.48. The Labute approximate surface area is 104 Å². The minimum atomic E-state index is -0.406. The van der Waals surface area contributed by atoms with Crippen LogP contribution in [0.4, 0.5) is 4.79 Å². The van der Waals surface area contributed by atoms with Crippen molar-refractivity contribution >= 4 is 6.09 Å². The molecule has 0 aromatic heterocycles. The topological polar surface area (TPSA) is 41.6 Å². The number of fused-ring (bicyclic) bond motifs is 1. The predicted molar refractivity (Wildman–Crippen MR) is 66.9 cm³/mol. The summed E-state index contributed by atoms with van der Waals surface area (Å²) in [6.45, 7) is 9.74. The van der Waals surface area contributed by atoms with Crippen molar-refractivity contribution in [3.63, 3.8) is 0 Å². The van der Waals surface area contributed by atoms with Crippen molar-refractivity contribution < 1.29 is 9.53 Å². The first-order chi connectivity index (χ1) is 7.87. The molecule has 0 radical (unpaired) electrons. The van der Waals surface area contributed by atoms with E-state index in [1.54, 1.807) is 0 Å². The summed E-state index contributed by atoms with van der Waals surface area (Å²) in [5.41, 5.74) is -0.406. The lowest BCUT2D eigenvalue weighted by atomic mass is 9.88. The van der Waals surface area contributed by atoms with Crippen LogP contribution >= 0.6 is 0 Å². The Balaban J connectivity index is 1.98. The second-order valence-electron chi connectivity index (χ2n) is 6.33. The lowest BCUT2D eigenvalue weighted by molar-refractivity contribution is 0.00465. The van der Waals surface area contributed by atoms with E-state index in [0.717, 1.165) is 25.4 Å². The fraction of sp³-hybridized carbons (Fsp3) is 0.923. The zero-order valence-corrected chi connectivity index (χ0v) is 11.3. The molecule has 3 unspecified atom stereocenters. The van der Waals surface area contributed by atoms with E-state index in [4.69, 9.17) is 4.74 Å². The fourth-order valence-electron chi connectivity index (χ4n) is 2.85. The van der Waals surface area contributed by atoms with E-state index in [0.29, 0.717) is 12.1 Å². The maximum absolute atomic E-state index is 12.1. The van der Waals surface area contributed by atoms with Gasteiger partial charge in [-0.2, -0.15) is 0 Å². The van der Waals surface area contributed by atoms with Crippen molar-refractivity contribution in [2.24, 2.45) is 5.92 Å². The zero-order valence-electron chi connectivity index (χ0n) is 11.3. The molecule has 3 atom stereocenters. The van der Waals surface area contributed by atoms with E-state index in [9.17, 15) is 4.79 Å². The van der Waals surface area contributed by atoms with Crippen LogP contribution in [0.3, 0.4) is 0 Å². The van der Waals surface area contributed by atoms with Gasteiger partial charge in [-0.25, -0.2) is 4.79 Å². The lowest BCUT2D eigenvalue weighted by Gasteiger charge is -2.40. The molecule has 0 aliphatic carbocycles. The third kappa shape index (κ3) is 2.92. The van der Waals surface area contributed by atoms with Crippen molar-refractivity contribution in [2.45, 2.75) is 58.2 Å². The number of ether oxygens (including phenoxy) is 1. The molecule has 2 aliphatic heterocycles. The molecule has 0 aromatic rings. The number of hydrogen-bond acceptors (Lipinski definition) is 3. The molecule has 2 rings (SSSR count). The smallest absolute Gasteiger partial charge is 0.410 e. The van der Waals surface area contributed by atoms with Gasteiger partial charge >= 0.3 is 6.09 Å². The Morgan fingerprint density at radius 2 is 2.12 bits per heavy atom. The average molecular weight is 240 g/mol. The number of piperidine rings is 1. The van der Waals surface area contributed by atoms with Gasteiger partial charge in [0, 0.05) is 18.6 Å². The van der Waals surface area contributed by atoms with Crippen LogP contribution in [-0.2, 0) is 4.74 Å². The predicted octanol–water partition coefficient (Wildman–Crippen LogP) is 1.99. The summed E-state index contributed by atoms with van der Waals surface area (Å²) in [6.07, 6.45) is 2.17. The fourth-order valence-corrected chi connectivity index (χ4v) is 2.85. The normalized spacial score (nSPS) is 33.4. The zero-order chi connectivity index (χ0) is 12.6. The van der Waals surface area contributed by atoms with Crippen LogP contribution in [0.1, 0.15) is 40.5 Å². The summed E-state index contributed by atoms with van der Waals surface area (Å²) >= 11 is 0. The average Bonchev–Trinajstić information content (AvgIpc) is 2.60. The van der Waals surface area contributed by atoms with Gasteiger partial charge in [-0.3, -0.25) is 0 Å². The molecule has 1 N–H and O–H groups in total. The Kier molecular flexibility index (Phi) is 3.34. The molecule has 0 spiro atoms. The molecule has 2 aliphatic rings. The van der Waals surface area contributed by atoms with E-state index >= 15 is 0 Å². The minimum Gasteiger partial charge on any atom is -0.444 e. The molecule has 17 heavy (non-hydrogen) atoms. The molecule has 1 amide bonds. The maximum Gasteiger partial charge on any atom is 0.410 e. The first-order valence-corrected chi connectivity index (χ1v) is 6.60. The van der Waals surface area contributed by atoms with Gasteiger partial charge in [-0.1, -0.05) is 0 Å². The van der Waals surface area contributed by atoms with Crippen LogP contribution in [-0.4, -0.2) is 41.8 Å². The first-order valence-electron chi connectivity index (χ1n) is 6.60. The minimum absolute atomic E-state index is 0.169. The summed E-state index contributed by atoms with van der Waals surface area (Å²) in [5.74, 6) is 0.740. The SMILES string of the molecule is CC1CC2CCNC2CN1C(=O)OC(C)(C)C. The Morgan fingerprint density at radius 3 is 2.76 bits per heavy atom. The van der Waals surface area contributed by atoms with Crippen LogP contribution < -0.4 is 5.32 Å². The molecular weight excluding hydrogens is 216 g/mol. The largest absolute Gasteiger partial charge is 0.444 e. The molecule has 0 bridgehead atoms. The third-order valence-corrected chi connectivity index (χ3v) is 3.69. The highest BCUT2D eigenvalue weighted by Gasteiger charge is 2.39. The number of likely N-dealkylation sites (tertiary alicyclic amines) is 1. The third-order valence-electron chi connectivity index (χ3n) is 3.69. The number of hydrogen-bond donors (Lipinski definition) is 1. The van der Waals surface area contributed by atoms with Gasteiger partial charge in [-0.15, -0.1) is 0 Å². The molecule has 4 nitrogen and oxygen atoms in total. The summed E-state index contributed by atoms with van der Waals surface area (Å²) in [5, 5.41) is 3.48. The van der Waals surface area contributed by atoms with Crippen LogP contribution in [0.15, 0.2) is 0 Å². The highest BCUT2D eigenvalue weighted by atomic mass is 16.6. The summed E-state index contributed by atoms with van der Waals surface area (Å²) in [7, 11) is 0. The molecule has 98 valence electrons. The van der Waals surface area contributed by atoms with Crippen molar-refractivity contribution in [3.8, 4) is 0 Å². The number of carbonyl (C=O) groups excluding carboxylic acids is 1. The van der Waals surface area contributed by atoms with E-state index < -0.39 is 5.60 Å². The maximum atomic E-state index is 12.1. The van der Waals surface area contributed by atoms with E-state index in [1.807, 2.05) is 25.7 Å². The highest BCUT2D eigenvalue weighted by Crippen LogP contribution is 2.29. The van der Waals surface area contributed by atoms with Gasteiger partial charge in [-0.05, 0) is 53.0 Å². The standard InChI is InChI=1S/C13H24N2O2/c1-9-7-10-5-6-14-11(10)8-15(9)12(16)17-13(2,3)4/h9-11,14H,5-8H2,1-4H3. The summed E-state index contributed by atoms with van der Waals surface area (Å²) < 4.78 is 5.46. The second-order valence-corrected chi connectivity index (χ2v) is 6.33. The summed E-state index contributed by atoms with van der Waals surface area (Å²) in [6, 6.07) is 0.768. The first kappa shape index (κ1) is 12.7. The van der Waals surface area contributed by atoms with Crippen molar-refractivity contribution in [1.82, 2.24) is 10.2 Å². The van der Waals surface area contributed by atoms with E-state index in [1.165, 1.54) is 6.42 Å². The number of amides is 1. The van der Waals surface area contributed by atoms with Crippen molar-refractivity contribution in [2.75, 3.05) is 13.1 Å². The van der Waals surface area contributed by atoms with Crippen molar-refractivity contribution in [3.05, 3.63) is 0 Å². The number of rotatable bonds is 0. The van der Waals surface area contributed by atoms with Gasteiger partial charge in [0.15, 0.2) is 0 Å².